The second kappa shape index (κ2) is 15.1. The highest BCUT2D eigenvalue weighted by Crippen LogP contribution is 2.37. The van der Waals surface area contributed by atoms with Gasteiger partial charge in [0.15, 0.2) is 6.04 Å². The summed E-state index contributed by atoms with van der Waals surface area (Å²) in [7, 11) is 7.60. The van der Waals surface area contributed by atoms with Crippen molar-refractivity contribution in [1.82, 2.24) is 30.0 Å². The standard InChI is InChI=1S/C31H39F3N8O3S/c1-6-9-36-30(45)39-26-15-20(29-38-25(18-46-29)31(32,33)34)22(16-37-26)19-7-8-24-21(14-19)27(43)23(17-42(24)13-12-41(4)5)28(44)35-10-11-40(2)3/h7-8,14-17,25H,6,9-13,18H2,1-5H3,(H,35,44)(H2,36,37,39,45). The van der Waals surface area contributed by atoms with Gasteiger partial charge < -0.3 is 25.0 Å². The van der Waals surface area contributed by atoms with Crippen LogP contribution in [-0.4, -0.2) is 109 Å². The summed E-state index contributed by atoms with van der Waals surface area (Å²) in [5.74, 6) is -0.637. The number of thioether (sulfide) groups is 1. The maximum Gasteiger partial charge on any atom is 0.411 e. The molecule has 0 fully saturated rings. The van der Waals surface area contributed by atoms with Crippen LogP contribution in [-0.2, 0) is 6.54 Å². The first-order chi connectivity index (χ1) is 21.8. The molecule has 1 aliphatic rings. The van der Waals surface area contributed by atoms with Gasteiger partial charge in [0.05, 0.1) is 10.6 Å². The highest BCUT2D eigenvalue weighted by atomic mass is 32.2. The Labute approximate surface area is 269 Å². The van der Waals surface area contributed by atoms with Crippen molar-refractivity contribution in [3.63, 3.8) is 0 Å². The number of likely N-dealkylation sites (N-methyl/N-ethyl adjacent to an activating group) is 2. The average Bonchev–Trinajstić information content (AvgIpc) is 3.51. The van der Waals surface area contributed by atoms with Crippen molar-refractivity contribution in [2.45, 2.75) is 32.1 Å². The van der Waals surface area contributed by atoms with E-state index in [4.69, 9.17) is 0 Å². The third kappa shape index (κ3) is 8.65. The van der Waals surface area contributed by atoms with Crippen LogP contribution in [0, 0.1) is 0 Å². The van der Waals surface area contributed by atoms with E-state index in [9.17, 15) is 27.6 Å². The molecule has 1 unspecified atom stereocenters. The Morgan fingerprint density at radius 2 is 1.78 bits per heavy atom. The molecule has 3 N–H and O–H groups in total. The van der Waals surface area contributed by atoms with Crippen molar-refractivity contribution in [3.8, 4) is 11.1 Å². The summed E-state index contributed by atoms with van der Waals surface area (Å²) in [6, 6.07) is 4.26. The number of aromatic nitrogens is 2. The van der Waals surface area contributed by atoms with Gasteiger partial charge in [-0.05, 0) is 58.4 Å². The fourth-order valence-electron chi connectivity index (χ4n) is 4.73. The van der Waals surface area contributed by atoms with Crippen molar-refractivity contribution in [2.24, 2.45) is 4.99 Å². The number of carbonyl (C=O) groups excluding carboxylic acids is 2. The lowest BCUT2D eigenvalue weighted by Crippen LogP contribution is -2.34. The number of hydrogen-bond acceptors (Lipinski definition) is 8. The van der Waals surface area contributed by atoms with Gasteiger partial charge in [-0.25, -0.2) is 9.78 Å². The molecule has 11 nitrogen and oxygen atoms in total. The van der Waals surface area contributed by atoms with Crippen LogP contribution in [0.15, 0.2) is 46.4 Å². The minimum Gasteiger partial charge on any atom is -0.351 e. The van der Waals surface area contributed by atoms with E-state index in [1.165, 1.54) is 12.3 Å². The molecule has 0 spiro atoms. The van der Waals surface area contributed by atoms with Crippen LogP contribution in [0.5, 0.6) is 0 Å². The lowest BCUT2D eigenvalue weighted by Gasteiger charge is -2.18. The Morgan fingerprint density at radius 3 is 2.43 bits per heavy atom. The number of anilines is 1. The van der Waals surface area contributed by atoms with Crippen molar-refractivity contribution in [1.29, 1.82) is 0 Å². The molecule has 1 atom stereocenters. The number of fused-ring (bicyclic) bond motifs is 1. The van der Waals surface area contributed by atoms with E-state index in [2.05, 4.69) is 25.9 Å². The second-order valence-corrected chi connectivity index (χ2v) is 12.5. The molecule has 0 saturated heterocycles. The fourth-order valence-corrected chi connectivity index (χ4v) is 5.83. The van der Waals surface area contributed by atoms with E-state index in [1.54, 1.807) is 24.4 Å². The SMILES string of the molecule is CCCNC(=O)Nc1cc(C2=NC(C(F)(F)F)CS2)c(-c2ccc3c(c2)c(=O)c(C(=O)NCCN(C)C)cn3CCN(C)C)cn1. The van der Waals surface area contributed by atoms with E-state index < -0.39 is 29.6 Å². The Balaban J connectivity index is 1.84. The van der Waals surface area contributed by atoms with Crippen LogP contribution in [0.4, 0.5) is 23.8 Å². The fraction of sp³-hybridized carbons (Fsp3) is 0.452. The third-order valence-corrected chi connectivity index (χ3v) is 8.29. The summed E-state index contributed by atoms with van der Waals surface area (Å²) in [6.45, 7) is 4.43. The molecule has 1 aromatic carbocycles. The number of amides is 3. The van der Waals surface area contributed by atoms with Crippen LogP contribution >= 0.6 is 11.8 Å². The number of rotatable bonds is 12. The van der Waals surface area contributed by atoms with Crippen LogP contribution in [0.2, 0.25) is 0 Å². The quantitative estimate of drug-likeness (QED) is 0.270. The summed E-state index contributed by atoms with van der Waals surface area (Å²) < 4.78 is 42.5. The van der Waals surface area contributed by atoms with Crippen LogP contribution in [0.1, 0.15) is 29.3 Å². The number of halogens is 3. The number of nitrogens with one attached hydrogen (secondary N) is 3. The number of hydrogen-bond donors (Lipinski definition) is 3. The summed E-state index contributed by atoms with van der Waals surface area (Å²) in [5, 5.41) is 8.53. The Hall–Kier alpha value is -3.95. The van der Waals surface area contributed by atoms with Crippen molar-refractivity contribution < 1.29 is 22.8 Å². The normalized spacial score (nSPS) is 15.0. The minimum atomic E-state index is -4.51. The average molecular weight is 661 g/mol. The molecule has 46 heavy (non-hydrogen) atoms. The van der Waals surface area contributed by atoms with Gasteiger partial charge in [0.2, 0.25) is 5.43 Å². The number of nitrogens with zero attached hydrogens (tertiary/aromatic N) is 5. The van der Waals surface area contributed by atoms with Gasteiger partial charge in [-0.3, -0.25) is 19.9 Å². The van der Waals surface area contributed by atoms with Gasteiger partial charge in [-0.15, -0.1) is 11.8 Å². The molecule has 2 aromatic heterocycles. The Kier molecular flexibility index (Phi) is 11.5. The van der Waals surface area contributed by atoms with E-state index in [1.807, 2.05) is 49.5 Å². The lowest BCUT2D eigenvalue weighted by molar-refractivity contribution is -0.141. The minimum absolute atomic E-state index is 0.0121. The predicted octanol–water partition coefficient (Wildman–Crippen LogP) is 3.87. The largest absolute Gasteiger partial charge is 0.411 e. The summed E-state index contributed by atoms with van der Waals surface area (Å²) in [5.41, 5.74) is 1.38. The number of urea groups is 1. The Bertz CT molecular complexity index is 1670. The molecule has 1 aliphatic heterocycles. The topological polar surface area (TPSA) is 124 Å². The molecule has 3 amide bonds. The molecule has 0 aliphatic carbocycles. The van der Waals surface area contributed by atoms with Crippen LogP contribution in [0.25, 0.3) is 22.0 Å². The zero-order valence-corrected chi connectivity index (χ0v) is 27.3. The molecule has 3 heterocycles. The smallest absolute Gasteiger partial charge is 0.351 e. The van der Waals surface area contributed by atoms with Crippen molar-refractivity contribution in [3.05, 3.63) is 58.0 Å². The molecule has 4 rings (SSSR count). The van der Waals surface area contributed by atoms with Gasteiger partial charge in [-0.1, -0.05) is 13.0 Å². The molecule has 248 valence electrons. The lowest BCUT2D eigenvalue weighted by atomic mass is 9.99. The molecule has 0 saturated carbocycles. The molecular formula is C31H39F3N8O3S. The van der Waals surface area contributed by atoms with E-state index in [0.717, 1.165) is 18.2 Å². The highest BCUT2D eigenvalue weighted by molar-refractivity contribution is 8.14. The van der Waals surface area contributed by atoms with Crippen molar-refractivity contribution in [2.75, 3.05) is 65.4 Å². The maximum absolute atomic E-state index is 13.8. The predicted molar refractivity (Wildman–Crippen MR) is 177 cm³/mol. The van der Waals surface area contributed by atoms with Gasteiger partial charge in [0, 0.05) is 67.4 Å². The Morgan fingerprint density at radius 1 is 1.04 bits per heavy atom. The van der Waals surface area contributed by atoms with E-state index >= 15 is 0 Å². The zero-order valence-electron chi connectivity index (χ0n) is 26.5. The maximum atomic E-state index is 13.8. The van der Waals surface area contributed by atoms with Crippen LogP contribution in [0.3, 0.4) is 0 Å². The molecule has 15 heteroatoms. The highest BCUT2D eigenvalue weighted by Gasteiger charge is 2.43. The van der Waals surface area contributed by atoms with Gasteiger partial charge in [-0.2, -0.15) is 13.2 Å². The summed E-state index contributed by atoms with van der Waals surface area (Å²) >= 11 is 0.962. The third-order valence-electron chi connectivity index (χ3n) is 7.21. The van der Waals surface area contributed by atoms with E-state index in [0.29, 0.717) is 54.9 Å². The summed E-state index contributed by atoms with van der Waals surface area (Å²) in [4.78, 5) is 51.5. The summed E-state index contributed by atoms with van der Waals surface area (Å²) in [6.07, 6.45) is -0.780. The second-order valence-electron chi connectivity index (χ2n) is 11.5. The number of carbonyl (C=O) groups is 2. The molecule has 0 radical (unpaired) electrons. The van der Waals surface area contributed by atoms with Gasteiger partial charge in [0.1, 0.15) is 11.4 Å². The first kappa shape index (κ1) is 34.9. The first-order valence-electron chi connectivity index (χ1n) is 14.9. The zero-order chi connectivity index (χ0) is 33.6. The number of aliphatic imine (C=N–C) groups is 1. The molecule has 0 bridgehead atoms. The van der Waals surface area contributed by atoms with Crippen LogP contribution < -0.4 is 21.4 Å². The molecule has 3 aromatic rings. The number of alkyl halides is 3. The monoisotopic (exact) mass is 660 g/mol. The van der Waals surface area contributed by atoms with Gasteiger partial charge >= 0.3 is 12.2 Å². The first-order valence-corrected chi connectivity index (χ1v) is 15.8. The number of benzene rings is 1. The van der Waals surface area contributed by atoms with E-state index in [-0.39, 0.29) is 27.6 Å². The van der Waals surface area contributed by atoms with Gasteiger partial charge in [0.25, 0.3) is 5.91 Å². The van der Waals surface area contributed by atoms with Crippen molar-refractivity contribution >= 4 is 45.5 Å². The molecular weight excluding hydrogens is 621 g/mol. The number of pyridine rings is 2.